The van der Waals surface area contributed by atoms with E-state index in [-0.39, 0.29) is 18.3 Å². The van der Waals surface area contributed by atoms with E-state index in [1.807, 2.05) is 0 Å². The van der Waals surface area contributed by atoms with E-state index in [9.17, 15) is 14.4 Å². The highest BCUT2D eigenvalue weighted by Gasteiger charge is 2.27. The molecule has 0 aromatic heterocycles. The predicted molar refractivity (Wildman–Crippen MR) is 69.8 cm³/mol. The lowest BCUT2D eigenvalue weighted by Gasteiger charge is -2.14. The van der Waals surface area contributed by atoms with Crippen molar-refractivity contribution in [3.63, 3.8) is 0 Å². The number of esters is 2. The number of carboxylic acid groups (broad SMARTS) is 1. The van der Waals surface area contributed by atoms with Crippen molar-refractivity contribution in [2.75, 3.05) is 14.2 Å². The molecule has 6 nitrogen and oxygen atoms in total. The van der Waals surface area contributed by atoms with Gasteiger partial charge in [0.15, 0.2) is 0 Å². The van der Waals surface area contributed by atoms with E-state index in [1.54, 1.807) is 6.08 Å². The second-order valence-corrected chi connectivity index (χ2v) is 4.87. The number of hydrogen-bond acceptors (Lipinski definition) is 5. The molecule has 0 aliphatic heterocycles. The zero-order chi connectivity index (χ0) is 15.1. The lowest BCUT2D eigenvalue weighted by molar-refractivity contribution is -0.142. The third kappa shape index (κ3) is 4.68. The van der Waals surface area contributed by atoms with E-state index in [4.69, 9.17) is 5.11 Å². The third-order valence-corrected chi connectivity index (χ3v) is 3.53. The van der Waals surface area contributed by atoms with Crippen LogP contribution in [0.15, 0.2) is 11.6 Å². The van der Waals surface area contributed by atoms with Crippen molar-refractivity contribution in [1.29, 1.82) is 0 Å². The minimum Gasteiger partial charge on any atom is -0.481 e. The molecule has 1 N–H and O–H groups in total. The summed E-state index contributed by atoms with van der Waals surface area (Å²) in [6.07, 6.45) is 3.64. The van der Waals surface area contributed by atoms with Gasteiger partial charge in [-0.2, -0.15) is 0 Å². The Labute approximate surface area is 117 Å². The topological polar surface area (TPSA) is 89.9 Å². The molecule has 0 aromatic carbocycles. The number of aliphatic carboxylic acids is 1. The van der Waals surface area contributed by atoms with Crippen LogP contribution in [-0.4, -0.2) is 37.2 Å². The molecule has 1 rings (SSSR count). The number of ether oxygens (including phenoxy) is 2. The van der Waals surface area contributed by atoms with Gasteiger partial charge in [0.25, 0.3) is 0 Å². The van der Waals surface area contributed by atoms with Crippen LogP contribution in [0.5, 0.6) is 0 Å². The SMILES string of the molecule is COC(=O)CC[C@H]1C=C(C(=O)OC)CC[C@@H](C(=O)O)C1. The van der Waals surface area contributed by atoms with Crippen LogP contribution < -0.4 is 0 Å². The Bertz CT molecular complexity index is 412. The molecule has 0 radical (unpaired) electrons. The fourth-order valence-corrected chi connectivity index (χ4v) is 2.38. The van der Waals surface area contributed by atoms with Crippen LogP contribution in [0.4, 0.5) is 0 Å². The molecule has 0 saturated heterocycles. The molecule has 0 fully saturated rings. The number of carboxylic acids is 1. The number of carbonyl (C=O) groups excluding carboxylic acids is 2. The molecule has 0 unspecified atom stereocenters. The highest BCUT2D eigenvalue weighted by atomic mass is 16.5. The average Bonchev–Trinajstić information content (AvgIpc) is 2.66. The maximum atomic E-state index is 11.6. The van der Waals surface area contributed by atoms with Crippen LogP contribution in [0.3, 0.4) is 0 Å². The second-order valence-electron chi connectivity index (χ2n) is 4.87. The number of rotatable bonds is 5. The van der Waals surface area contributed by atoms with Gasteiger partial charge in [-0.15, -0.1) is 0 Å². The van der Waals surface area contributed by atoms with Gasteiger partial charge in [0.2, 0.25) is 0 Å². The van der Waals surface area contributed by atoms with Crippen molar-refractivity contribution < 1.29 is 29.0 Å². The van der Waals surface area contributed by atoms with Crippen LogP contribution in [0.1, 0.15) is 32.1 Å². The molecule has 1 aliphatic rings. The molecule has 0 spiro atoms. The van der Waals surface area contributed by atoms with Crippen molar-refractivity contribution in [3.8, 4) is 0 Å². The van der Waals surface area contributed by atoms with Gasteiger partial charge >= 0.3 is 17.9 Å². The van der Waals surface area contributed by atoms with Crippen molar-refractivity contribution in [1.82, 2.24) is 0 Å². The molecule has 0 aromatic rings. The van der Waals surface area contributed by atoms with E-state index < -0.39 is 17.9 Å². The maximum absolute atomic E-state index is 11.6. The van der Waals surface area contributed by atoms with Gasteiger partial charge in [0.05, 0.1) is 20.1 Å². The Balaban J connectivity index is 2.79. The summed E-state index contributed by atoms with van der Waals surface area (Å²) in [6.45, 7) is 0. The smallest absolute Gasteiger partial charge is 0.333 e. The first-order chi connectivity index (χ1) is 9.47. The lowest BCUT2D eigenvalue weighted by atomic mass is 9.91. The zero-order valence-electron chi connectivity index (χ0n) is 11.8. The number of carbonyl (C=O) groups is 3. The summed E-state index contributed by atoms with van der Waals surface area (Å²) in [5.41, 5.74) is 0.492. The van der Waals surface area contributed by atoms with Gasteiger partial charge in [0, 0.05) is 12.0 Å². The predicted octanol–water partition coefficient (Wildman–Crippen LogP) is 1.54. The summed E-state index contributed by atoms with van der Waals surface area (Å²) in [6, 6.07) is 0. The third-order valence-electron chi connectivity index (χ3n) is 3.53. The van der Waals surface area contributed by atoms with E-state index in [2.05, 4.69) is 9.47 Å². The van der Waals surface area contributed by atoms with Gasteiger partial charge in [0.1, 0.15) is 0 Å². The standard InChI is InChI=1S/C14H20O6/c1-19-12(15)6-3-9-7-10(13(16)17)4-5-11(8-9)14(18)20-2/h8-10H,3-7H2,1-2H3,(H,16,17)/t9-,10-/m1/s1. The minimum absolute atomic E-state index is 0.133. The van der Waals surface area contributed by atoms with Gasteiger partial charge < -0.3 is 14.6 Å². The fourth-order valence-electron chi connectivity index (χ4n) is 2.38. The molecule has 6 heteroatoms. The van der Waals surface area contributed by atoms with Crippen molar-refractivity contribution in [2.45, 2.75) is 32.1 Å². The monoisotopic (exact) mass is 284 g/mol. The molecule has 0 bridgehead atoms. The Morgan fingerprint density at radius 3 is 2.55 bits per heavy atom. The van der Waals surface area contributed by atoms with E-state index in [0.29, 0.717) is 31.3 Å². The number of hydrogen-bond donors (Lipinski definition) is 1. The quantitative estimate of drug-likeness (QED) is 0.770. The van der Waals surface area contributed by atoms with E-state index >= 15 is 0 Å². The van der Waals surface area contributed by atoms with Crippen molar-refractivity contribution >= 4 is 17.9 Å². The normalized spacial score (nSPS) is 22.4. The van der Waals surface area contributed by atoms with E-state index in [1.165, 1.54) is 14.2 Å². The van der Waals surface area contributed by atoms with Gasteiger partial charge in [-0.3, -0.25) is 9.59 Å². The van der Waals surface area contributed by atoms with E-state index in [0.717, 1.165) is 0 Å². The molecule has 20 heavy (non-hydrogen) atoms. The molecule has 112 valence electrons. The maximum Gasteiger partial charge on any atom is 0.333 e. The van der Waals surface area contributed by atoms with Crippen LogP contribution >= 0.6 is 0 Å². The molecular formula is C14H20O6. The molecule has 2 atom stereocenters. The van der Waals surface area contributed by atoms with Gasteiger partial charge in [-0.1, -0.05) is 6.08 Å². The van der Waals surface area contributed by atoms with Crippen LogP contribution in [0, 0.1) is 11.8 Å². The minimum atomic E-state index is -0.868. The number of methoxy groups -OCH3 is 2. The second kappa shape index (κ2) is 7.67. The van der Waals surface area contributed by atoms with Gasteiger partial charge in [-0.05, 0) is 31.6 Å². The summed E-state index contributed by atoms with van der Waals surface area (Å²) < 4.78 is 9.26. The summed E-state index contributed by atoms with van der Waals surface area (Å²) in [7, 11) is 2.61. The Morgan fingerprint density at radius 2 is 2.00 bits per heavy atom. The fraction of sp³-hybridized carbons (Fsp3) is 0.643. The van der Waals surface area contributed by atoms with Crippen LogP contribution in [-0.2, 0) is 23.9 Å². The Hall–Kier alpha value is -1.85. The first-order valence-corrected chi connectivity index (χ1v) is 6.56. The van der Waals surface area contributed by atoms with Gasteiger partial charge in [-0.25, -0.2) is 4.79 Å². The van der Waals surface area contributed by atoms with Crippen molar-refractivity contribution in [2.24, 2.45) is 11.8 Å². The molecule has 0 saturated carbocycles. The summed E-state index contributed by atoms with van der Waals surface area (Å²) in [4.78, 5) is 33.9. The molecule has 0 amide bonds. The largest absolute Gasteiger partial charge is 0.481 e. The summed E-state index contributed by atoms with van der Waals surface area (Å²) >= 11 is 0. The lowest BCUT2D eigenvalue weighted by Crippen LogP contribution is -2.16. The Morgan fingerprint density at radius 1 is 1.30 bits per heavy atom. The molecule has 1 aliphatic carbocycles. The highest BCUT2D eigenvalue weighted by molar-refractivity contribution is 5.88. The molecule has 0 heterocycles. The summed E-state index contributed by atoms with van der Waals surface area (Å²) in [5.74, 6) is -2.27. The van der Waals surface area contributed by atoms with Crippen molar-refractivity contribution in [3.05, 3.63) is 11.6 Å². The first-order valence-electron chi connectivity index (χ1n) is 6.56. The van der Waals surface area contributed by atoms with Crippen LogP contribution in [0.25, 0.3) is 0 Å². The highest BCUT2D eigenvalue weighted by Crippen LogP contribution is 2.30. The summed E-state index contributed by atoms with van der Waals surface area (Å²) in [5, 5.41) is 9.16. The average molecular weight is 284 g/mol. The van der Waals surface area contributed by atoms with Crippen LogP contribution in [0.2, 0.25) is 0 Å². The zero-order valence-corrected chi connectivity index (χ0v) is 11.8. The Kier molecular flexibility index (Phi) is 6.21. The first kappa shape index (κ1) is 16.2. The number of allylic oxidation sites excluding steroid dienone is 1. The molecular weight excluding hydrogens is 264 g/mol.